The van der Waals surface area contributed by atoms with Gasteiger partial charge < -0.3 is 9.68 Å². The molecule has 0 bridgehead atoms. The number of oxime groups is 2. The second-order valence-electron chi connectivity index (χ2n) is 6.11. The van der Waals surface area contributed by atoms with Crippen LogP contribution in [0.5, 0.6) is 0 Å². The lowest BCUT2D eigenvalue weighted by atomic mass is 10.1. The zero-order chi connectivity index (χ0) is 21.7. The van der Waals surface area contributed by atoms with Gasteiger partial charge in [0.1, 0.15) is 25.1 Å². The number of nitrogens with zero attached hydrogens (tertiary/aromatic N) is 6. The quantitative estimate of drug-likeness (QED) is 0.408. The van der Waals surface area contributed by atoms with Gasteiger partial charge in [0, 0.05) is 28.2 Å². The molecule has 11 heteroatoms. The highest BCUT2D eigenvalue weighted by Crippen LogP contribution is 2.23. The van der Waals surface area contributed by atoms with E-state index in [1.807, 2.05) is 0 Å². The van der Waals surface area contributed by atoms with E-state index in [-0.39, 0.29) is 6.61 Å². The Bertz CT molecular complexity index is 1150. The van der Waals surface area contributed by atoms with Crippen LogP contribution >= 0.6 is 23.2 Å². The molecule has 156 valence electrons. The molecule has 30 heavy (non-hydrogen) atoms. The zero-order valence-electron chi connectivity index (χ0n) is 16.4. The molecule has 0 N–H and O–H groups in total. The van der Waals surface area contributed by atoms with E-state index in [4.69, 9.17) is 32.9 Å². The third kappa shape index (κ3) is 4.69. The molecule has 9 nitrogen and oxygen atoms in total. The molecule has 0 saturated carbocycles. The smallest absolute Gasteiger partial charge is 0.368 e. The van der Waals surface area contributed by atoms with E-state index in [0.717, 1.165) is 14.9 Å². The van der Waals surface area contributed by atoms with Crippen molar-refractivity contribution < 1.29 is 9.68 Å². The van der Waals surface area contributed by atoms with Crippen molar-refractivity contribution in [2.45, 2.75) is 13.5 Å². The lowest BCUT2D eigenvalue weighted by Gasteiger charge is -2.10. The summed E-state index contributed by atoms with van der Waals surface area (Å²) in [7, 11) is 2.95. The second kappa shape index (κ2) is 9.55. The molecular formula is C19H18Cl2N6O3. The first-order valence-corrected chi connectivity index (χ1v) is 9.48. The molecule has 3 aromatic rings. The first-order valence-electron chi connectivity index (χ1n) is 8.73. The van der Waals surface area contributed by atoms with Crippen LogP contribution in [0.25, 0.3) is 5.69 Å². The Hall–Kier alpha value is -3.17. The highest BCUT2D eigenvalue weighted by atomic mass is 35.5. The third-order valence-electron chi connectivity index (χ3n) is 4.10. The Morgan fingerprint density at radius 2 is 1.83 bits per heavy atom. The summed E-state index contributed by atoms with van der Waals surface area (Å²) in [6, 6.07) is 12.2. The number of hydrogen-bond donors (Lipinski definition) is 0. The summed E-state index contributed by atoms with van der Waals surface area (Å²) in [5.74, 6) is 0. The standard InChI is InChI=1S/C19H18Cl2N6O3/c1-12(18(23-29-3)13-7-9-14(20)10-8-13)22-30-11-15-16(21)5-4-6-17(15)27-19(28)26(2)24-25-27/h4-10H,11H2,1-3H3. The lowest BCUT2D eigenvalue weighted by Crippen LogP contribution is -2.23. The summed E-state index contributed by atoms with van der Waals surface area (Å²) in [4.78, 5) is 22.6. The minimum Gasteiger partial charge on any atom is -0.399 e. The first-order chi connectivity index (χ1) is 14.4. The van der Waals surface area contributed by atoms with Gasteiger partial charge in [-0.1, -0.05) is 51.7 Å². The van der Waals surface area contributed by atoms with Gasteiger partial charge in [-0.2, -0.15) is 9.36 Å². The number of aromatic nitrogens is 4. The molecule has 0 radical (unpaired) electrons. The average molecular weight is 449 g/mol. The average Bonchev–Trinajstić information content (AvgIpc) is 3.06. The van der Waals surface area contributed by atoms with Gasteiger partial charge in [0.05, 0.1) is 5.69 Å². The Kier molecular flexibility index (Phi) is 6.86. The summed E-state index contributed by atoms with van der Waals surface area (Å²) < 4.78 is 2.26. The van der Waals surface area contributed by atoms with Gasteiger partial charge in [0.15, 0.2) is 0 Å². The zero-order valence-corrected chi connectivity index (χ0v) is 17.9. The number of benzene rings is 2. The van der Waals surface area contributed by atoms with E-state index < -0.39 is 5.69 Å². The molecule has 0 unspecified atom stereocenters. The summed E-state index contributed by atoms with van der Waals surface area (Å²) >= 11 is 12.3. The van der Waals surface area contributed by atoms with Crippen molar-refractivity contribution in [3.63, 3.8) is 0 Å². The van der Waals surface area contributed by atoms with Crippen molar-refractivity contribution in [1.29, 1.82) is 0 Å². The van der Waals surface area contributed by atoms with Gasteiger partial charge in [-0.3, -0.25) is 0 Å². The van der Waals surface area contributed by atoms with E-state index >= 15 is 0 Å². The van der Waals surface area contributed by atoms with Crippen LogP contribution in [0.3, 0.4) is 0 Å². The maximum atomic E-state index is 12.2. The molecule has 0 aliphatic heterocycles. The van der Waals surface area contributed by atoms with Gasteiger partial charge in [-0.05, 0) is 41.6 Å². The molecule has 0 aliphatic rings. The number of rotatable bonds is 7. The first kappa shape index (κ1) is 21.5. The Morgan fingerprint density at radius 1 is 1.10 bits per heavy atom. The molecular weight excluding hydrogens is 431 g/mol. The topological polar surface area (TPSA) is 95.9 Å². The largest absolute Gasteiger partial charge is 0.399 e. The van der Waals surface area contributed by atoms with Crippen LogP contribution < -0.4 is 5.69 Å². The Labute approximate surface area is 182 Å². The van der Waals surface area contributed by atoms with E-state index in [2.05, 4.69) is 20.7 Å². The fourth-order valence-electron chi connectivity index (χ4n) is 2.62. The normalized spacial score (nSPS) is 12.2. The molecule has 1 heterocycles. The van der Waals surface area contributed by atoms with Crippen molar-refractivity contribution in [3.8, 4) is 5.69 Å². The van der Waals surface area contributed by atoms with Crippen molar-refractivity contribution >= 4 is 34.6 Å². The van der Waals surface area contributed by atoms with Crippen molar-refractivity contribution in [2.24, 2.45) is 17.4 Å². The fraction of sp³-hybridized carbons (Fsp3) is 0.211. The molecule has 3 rings (SSSR count). The van der Waals surface area contributed by atoms with Crippen LogP contribution in [-0.4, -0.2) is 38.3 Å². The predicted octanol–water partition coefficient (Wildman–Crippen LogP) is 3.22. The molecule has 0 aliphatic carbocycles. The SMILES string of the molecule is CON=C(C(C)=NOCc1c(Cl)cccc1-n1nnn(C)c1=O)c1ccc(Cl)cc1. The fourth-order valence-corrected chi connectivity index (χ4v) is 2.97. The predicted molar refractivity (Wildman–Crippen MR) is 115 cm³/mol. The minimum absolute atomic E-state index is 0.00373. The van der Waals surface area contributed by atoms with E-state index in [1.165, 1.54) is 14.2 Å². The molecule has 0 atom stereocenters. The molecule has 0 saturated heterocycles. The summed E-state index contributed by atoms with van der Waals surface area (Å²) in [6.45, 7) is 1.73. The highest BCUT2D eigenvalue weighted by molar-refractivity contribution is 6.47. The summed E-state index contributed by atoms with van der Waals surface area (Å²) in [5.41, 5.74) is 2.31. The highest BCUT2D eigenvalue weighted by Gasteiger charge is 2.15. The van der Waals surface area contributed by atoms with Gasteiger partial charge in [0.25, 0.3) is 0 Å². The maximum Gasteiger partial charge on any atom is 0.368 e. The van der Waals surface area contributed by atoms with Crippen LogP contribution in [-0.2, 0) is 23.3 Å². The van der Waals surface area contributed by atoms with Crippen LogP contribution in [0.2, 0.25) is 10.0 Å². The monoisotopic (exact) mass is 448 g/mol. The van der Waals surface area contributed by atoms with Gasteiger partial charge in [0.2, 0.25) is 0 Å². The minimum atomic E-state index is -0.407. The van der Waals surface area contributed by atoms with Gasteiger partial charge >= 0.3 is 5.69 Å². The van der Waals surface area contributed by atoms with Crippen LogP contribution in [0.1, 0.15) is 18.1 Å². The van der Waals surface area contributed by atoms with Gasteiger partial charge in [-0.25, -0.2) is 4.79 Å². The summed E-state index contributed by atoms with van der Waals surface area (Å²) in [6.07, 6.45) is 0. The van der Waals surface area contributed by atoms with Crippen LogP contribution in [0.4, 0.5) is 0 Å². The van der Waals surface area contributed by atoms with Gasteiger partial charge in [-0.15, -0.1) is 0 Å². The van der Waals surface area contributed by atoms with E-state index in [1.54, 1.807) is 49.4 Å². The van der Waals surface area contributed by atoms with Crippen LogP contribution in [0.15, 0.2) is 57.6 Å². The Balaban J connectivity index is 1.85. The molecule has 2 aromatic carbocycles. The Morgan fingerprint density at radius 3 is 2.47 bits per heavy atom. The molecule has 0 fully saturated rings. The number of hydrogen-bond acceptors (Lipinski definition) is 7. The van der Waals surface area contributed by atoms with Crippen molar-refractivity contribution in [1.82, 2.24) is 19.8 Å². The van der Waals surface area contributed by atoms with Crippen molar-refractivity contribution in [3.05, 3.63) is 74.1 Å². The molecule has 0 amide bonds. The van der Waals surface area contributed by atoms with E-state index in [9.17, 15) is 4.79 Å². The number of tetrazole rings is 1. The lowest BCUT2D eigenvalue weighted by molar-refractivity contribution is 0.130. The molecule has 1 aromatic heterocycles. The third-order valence-corrected chi connectivity index (χ3v) is 4.70. The number of aryl methyl sites for hydroxylation is 1. The summed E-state index contributed by atoms with van der Waals surface area (Å²) in [5, 5.41) is 16.7. The number of halogens is 2. The maximum absolute atomic E-state index is 12.2. The van der Waals surface area contributed by atoms with Crippen LogP contribution in [0, 0.1) is 0 Å². The van der Waals surface area contributed by atoms with E-state index in [0.29, 0.717) is 32.7 Å². The second-order valence-corrected chi connectivity index (χ2v) is 6.96. The van der Waals surface area contributed by atoms with Crippen molar-refractivity contribution in [2.75, 3.05) is 7.11 Å². The molecule has 0 spiro atoms.